The topological polar surface area (TPSA) is 34.1 Å². The maximum absolute atomic E-state index is 11.1. The molecule has 2 heteroatoms. The summed E-state index contributed by atoms with van der Waals surface area (Å²) in [6.07, 6.45) is 8.33. The van der Waals surface area contributed by atoms with Crippen LogP contribution >= 0.6 is 0 Å². The summed E-state index contributed by atoms with van der Waals surface area (Å²) in [5.74, 6) is 0.269. The van der Waals surface area contributed by atoms with Crippen molar-refractivity contribution in [1.29, 1.82) is 0 Å². The molecule has 11 heavy (non-hydrogen) atoms. The van der Waals surface area contributed by atoms with Crippen LogP contribution in [-0.4, -0.2) is 12.1 Å². The number of carbonyl (C=O) groups is 1. The maximum atomic E-state index is 11.1. The lowest BCUT2D eigenvalue weighted by Gasteiger charge is -2.00. The zero-order valence-electron chi connectivity index (χ0n) is 6.38. The summed E-state index contributed by atoms with van der Waals surface area (Å²) in [7, 11) is 0. The Morgan fingerprint density at radius 1 is 1.36 bits per heavy atom. The average Bonchev–Trinajstić information content (AvgIpc) is 2.52. The van der Waals surface area contributed by atoms with Crippen LogP contribution in [-0.2, 0) is 9.59 Å². The summed E-state index contributed by atoms with van der Waals surface area (Å²) in [5.41, 5.74) is 0. The van der Waals surface area contributed by atoms with Crippen LogP contribution in [0.1, 0.15) is 25.7 Å². The number of hydrogen-bond acceptors (Lipinski definition) is 2. The molecule has 0 N–H and O–H groups in total. The molecule has 0 heterocycles. The maximum Gasteiger partial charge on any atom is 0.225 e. The fourth-order valence-electron chi connectivity index (χ4n) is 1.46. The Morgan fingerprint density at radius 2 is 2.00 bits per heavy atom. The molecule has 1 rings (SSSR count). The second kappa shape index (κ2) is 4.06. The molecule has 0 atom stereocenters. The Balaban J connectivity index is 2.40. The van der Waals surface area contributed by atoms with Crippen LogP contribution < -0.4 is 0 Å². The van der Waals surface area contributed by atoms with E-state index in [0.29, 0.717) is 0 Å². The first kappa shape index (κ1) is 8.18. The highest BCUT2D eigenvalue weighted by atomic mass is 16.1. The molecule has 0 aliphatic heterocycles. The van der Waals surface area contributed by atoms with Gasteiger partial charge in [-0.05, 0) is 25.0 Å². The normalized spacial score (nSPS) is 19.3. The molecule has 2 nitrogen and oxygen atoms in total. The van der Waals surface area contributed by atoms with Gasteiger partial charge in [-0.1, -0.05) is 12.8 Å². The first-order chi connectivity index (χ1) is 5.34. The Morgan fingerprint density at radius 3 is 2.55 bits per heavy atom. The third-order valence-corrected chi connectivity index (χ3v) is 2.07. The van der Waals surface area contributed by atoms with E-state index in [4.69, 9.17) is 0 Å². The average molecular weight is 151 g/mol. The minimum Gasteiger partial charge on any atom is -0.295 e. The first-order valence-corrected chi connectivity index (χ1v) is 3.92. The van der Waals surface area contributed by atoms with Gasteiger partial charge in [0.2, 0.25) is 6.29 Å². The summed E-state index contributed by atoms with van der Waals surface area (Å²) >= 11 is 0. The van der Waals surface area contributed by atoms with Crippen LogP contribution in [0.25, 0.3) is 0 Å². The molecule has 1 radical (unpaired) electrons. The zero-order valence-corrected chi connectivity index (χ0v) is 6.38. The standard InChI is InChI=1S/C9H11O2/c10-7-3-6-9(11)8-4-1-2-5-8/h3,6,8H,1-2,4-5H2. The van der Waals surface area contributed by atoms with Crippen molar-refractivity contribution in [2.45, 2.75) is 25.7 Å². The van der Waals surface area contributed by atoms with Crippen LogP contribution in [0.2, 0.25) is 0 Å². The van der Waals surface area contributed by atoms with Gasteiger partial charge in [0.25, 0.3) is 0 Å². The highest BCUT2D eigenvalue weighted by molar-refractivity contribution is 5.94. The summed E-state index contributed by atoms with van der Waals surface area (Å²) in [4.78, 5) is 20.9. The van der Waals surface area contributed by atoms with Gasteiger partial charge in [-0.15, -0.1) is 0 Å². The predicted molar refractivity (Wildman–Crippen MR) is 41.8 cm³/mol. The van der Waals surface area contributed by atoms with E-state index < -0.39 is 0 Å². The largest absolute Gasteiger partial charge is 0.295 e. The number of hydrogen-bond donors (Lipinski definition) is 0. The lowest BCUT2D eigenvalue weighted by molar-refractivity contribution is -0.118. The van der Waals surface area contributed by atoms with E-state index in [2.05, 4.69) is 0 Å². The minimum atomic E-state index is 0.0888. The fraction of sp³-hybridized carbons (Fsp3) is 0.556. The number of rotatable bonds is 3. The Hall–Kier alpha value is -0.920. The monoisotopic (exact) mass is 151 g/mol. The van der Waals surface area contributed by atoms with Gasteiger partial charge < -0.3 is 0 Å². The summed E-state index contributed by atoms with van der Waals surface area (Å²) in [6, 6.07) is 0. The van der Waals surface area contributed by atoms with E-state index in [0.717, 1.165) is 31.8 Å². The fourth-order valence-corrected chi connectivity index (χ4v) is 1.46. The van der Waals surface area contributed by atoms with Crippen LogP contribution in [0.4, 0.5) is 0 Å². The highest BCUT2D eigenvalue weighted by Gasteiger charge is 2.19. The van der Waals surface area contributed by atoms with Gasteiger partial charge in [-0.2, -0.15) is 0 Å². The molecule has 0 bridgehead atoms. The number of allylic oxidation sites excluding steroid dienone is 2. The van der Waals surface area contributed by atoms with Gasteiger partial charge >= 0.3 is 0 Å². The summed E-state index contributed by atoms with van der Waals surface area (Å²) in [5, 5.41) is 0. The molecular weight excluding hydrogens is 140 g/mol. The predicted octanol–water partition coefficient (Wildman–Crippen LogP) is 1.41. The smallest absolute Gasteiger partial charge is 0.225 e. The van der Waals surface area contributed by atoms with Crippen molar-refractivity contribution in [3.63, 3.8) is 0 Å². The van der Waals surface area contributed by atoms with Gasteiger partial charge in [0.05, 0.1) is 0 Å². The molecule has 1 fully saturated rings. The first-order valence-electron chi connectivity index (χ1n) is 3.92. The molecule has 0 amide bonds. The molecule has 1 aliphatic carbocycles. The zero-order chi connectivity index (χ0) is 8.10. The van der Waals surface area contributed by atoms with E-state index in [1.165, 1.54) is 6.08 Å². The summed E-state index contributed by atoms with van der Waals surface area (Å²) < 4.78 is 0. The van der Waals surface area contributed by atoms with Gasteiger partial charge in [0.15, 0.2) is 5.78 Å². The van der Waals surface area contributed by atoms with Crippen LogP contribution in [0.3, 0.4) is 0 Å². The van der Waals surface area contributed by atoms with Crippen molar-refractivity contribution in [1.82, 2.24) is 0 Å². The molecule has 59 valence electrons. The molecular formula is C9H11O2. The van der Waals surface area contributed by atoms with Gasteiger partial charge in [0.1, 0.15) is 0 Å². The molecule has 0 aromatic heterocycles. The Kier molecular flexibility index (Phi) is 3.02. The van der Waals surface area contributed by atoms with Crippen molar-refractivity contribution in [2.75, 3.05) is 0 Å². The van der Waals surface area contributed by atoms with Gasteiger partial charge in [0, 0.05) is 5.92 Å². The van der Waals surface area contributed by atoms with Crippen molar-refractivity contribution in [3.8, 4) is 0 Å². The van der Waals surface area contributed by atoms with Gasteiger partial charge in [-0.25, -0.2) is 0 Å². The third-order valence-electron chi connectivity index (χ3n) is 2.07. The summed E-state index contributed by atoms with van der Waals surface area (Å²) in [6.45, 7) is 0. The van der Waals surface area contributed by atoms with E-state index >= 15 is 0 Å². The third kappa shape index (κ3) is 2.30. The quantitative estimate of drug-likeness (QED) is 0.571. The number of carbonyl (C=O) groups excluding carboxylic acids is 2. The van der Waals surface area contributed by atoms with Gasteiger partial charge in [-0.3, -0.25) is 9.59 Å². The minimum absolute atomic E-state index is 0.0888. The van der Waals surface area contributed by atoms with Crippen LogP contribution in [0.5, 0.6) is 0 Å². The molecule has 1 saturated carbocycles. The Bertz CT molecular complexity index is 176. The van der Waals surface area contributed by atoms with Crippen LogP contribution in [0, 0.1) is 5.92 Å². The molecule has 0 spiro atoms. The second-order valence-corrected chi connectivity index (χ2v) is 2.83. The highest BCUT2D eigenvalue weighted by Crippen LogP contribution is 2.25. The SMILES string of the molecule is O=[C]C=CC(=O)C1CCCC1. The van der Waals surface area contributed by atoms with E-state index in [1.807, 2.05) is 0 Å². The molecule has 0 unspecified atom stereocenters. The van der Waals surface area contributed by atoms with Crippen molar-refractivity contribution in [2.24, 2.45) is 5.92 Å². The van der Waals surface area contributed by atoms with Crippen LogP contribution in [0.15, 0.2) is 12.2 Å². The molecule has 0 saturated heterocycles. The Labute approximate surface area is 66.3 Å². The van der Waals surface area contributed by atoms with Crippen molar-refractivity contribution >= 4 is 12.1 Å². The molecule has 1 aliphatic rings. The number of ketones is 1. The molecule has 0 aromatic rings. The van der Waals surface area contributed by atoms with E-state index in [1.54, 1.807) is 6.29 Å². The lowest BCUT2D eigenvalue weighted by atomic mass is 10.0. The second-order valence-electron chi connectivity index (χ2n) is 2.83. The van der Waals surface area contributed by atoms with Crippen molar-refractivity contribution < 1.29 is 9.59 Å². The van der Waals surface area contributed by atoms with E-state index in [-0.39, 0.29) is 11.7 Å². The molecule has 0 aromatic carbocycles. The van der Waals surface area contributed by atoms with Crippen molar-refractivity contribution in [3.05, 3.63) is 12.2 Å². The lowest BCUT2D eigenvalue weighted by Crippen LogP contribution is -2.06. The van der Waals surface area contributed by atoms with E-state index in [9.17, 15) is 9.59 Å².